The summed E-state index contributed by atoms with van der Waals surface area (Å²) in [6, 6.07) is 2.72. The van der Waals surface area contributed by atoms with Crippen LogP contribution in [0.15, 0.2) is 17.0 Å². The van der Waals surface area contributed by atoms with Gasteiger partial charge in [0, 0.05) is 19.1 Å². The Balaban J connectivity index is 2.36. The van der Waals surface area contributed by atoms with E-state index in [4.69, 9.17) is 5.73 Å². The number of likely N-dealkylation sites (N-methyl/N-ethyl adjacent to an activating group) is 1. The van der Waals surface area contributed by atoms with E-state index < -0.39 is 15.8 Å². The number of rotatable bonds is 3. The van der Waals surface area contributed by atoms with E-state index in [1.54, 1.807) is 0 Å². The molecule has 1 aromatic rings. The number of benzene rings is 1. The zero-order valence-corrected chi connectivity index (χ0v) is 13.6. The van der Waals surface area contributed by atoms with Gasteiger partial charge in [0.1, 0.15) is 5.82 Å². The monoisotopic (exact) mass is 315 g/mol. The fourth-order valence-corrected chi connectivity index (χ4v) is 4.52. The second-order valence-electron chi connectivity index (χ2n) is 5.97. The zero-order chi connectivity index (χ0) is 15.9. The number of sulfonamides is 1. The fourth-order valence-electron chi connectivity index (χ4n) is 2.84. The van der Waals surface area contributed by atoms with Gasteiger partial charge >= 0.3 is 0 Å². The average Bonchev–Trinajstić information content (AvgIpc) is 2.78. The van der Waals surface area contributed by atoms with E-state index in [1.165, 1.54) is 23.4 Å². The maximum atomic E-state index is 13.6. The third-order valence-electron chi connectivity index (χ3n) is 4.10. The van der Waals surface area contributed by atoms with Crippen LogP contribution in [-0.2, 0) is 10.0 Å². The summed E-state index contributed by atoms with van der Waals surface area (Å²) < 4.78 is 40.4. The van der Waals surface area contributed by atoms with Gasteiger partial charge in [0.2, 0.25) is 10.0 Å². The third kappa shape index (κ3) is 2.90. The van der Waals surface area contributed by atoms with Crippen molar-refractivity contribution in [2.45, 2.75) is 24.8 Å². The standard InChI is InChI=1S/C14H22FN3O2S/c1-9-5-11(6-12(16)14(9)15)21(19,20)18-7-10(2)13(8-18)17(3)4/h5-6,10,13H,7-8,16H2,1-4H3. The largest absolute Gasteiger partial charge is 0.396 e. The first-order chi connectivity index (χ1) is 9.64. The van der Waals surface area contributed by atoms with Crippen molar-refractivity contribution >= 4 is 15.7 Å². The Morgan fingerprint density at radius 2 is 1.95 bits per heavy atom. The van der Waals surface area contributed by atoms with E-state index in [2.05, 4.69) is 0 Å². The molecule has 0 saturated carbocycles. The summed E-state index contributed by atoms with van der Waals surface area (Å²) in [4.78, 5) is 2.09. The van der Waals surface area contributed by atoms with Gasteiger partial charge in [-0.05, 0) is 44.6 Å². The lowest BCUT2D eigenvalue weighted by Gasteiger charge is -2.22. The molecule has 118 valence electrons. The topological polar surface area (TPSA) is 66.6 Å². The number of nitrogen functional groups attached to an aromatic ring is 1. The molecule has 2 unspecified atom stereocenters. The first-order valence-corrected chi connectivity index (χ1v) is 8.30. The van der Waals surface area contributed by atoms with Crippen LogP contribution >= 0.6 is 0 Å². The summed E-state index contributed by atoms with van der Waals surface area (Å²) in [7, 11) is 0.244. The van der Waals surface area contributed by atoms with Gasteiger partial charge in [-0.2, -0.15) is 4.31 Å². The van der Waals surface area contributed by atoms with Crippen molar-refractivity contribution in [2.75, 3.05) is 32.9 Å². The lowest BCUT2D eigenvalue weighted by atomic mass is 10.1. The molecule has 7 heteroatoms. The van der Waals surface area contributed by atoms with Crippen LogP contribution in [0, 0.1) is 18.7 Å². The molecule has 2 atom stereocenters. The molecule has 2 N–H and O–H groups in total. The zero-order valence-electron chi connectivity index (χ0n) is 12.8. The molecule has 1 aromatic carbocycles. The normalized spacial score (nSPS) is 23.9. The SMILES string of the molecule is Cc1cc(S(=O)(=O)N2CC(C)C(N(C)C)C2)cc(N)c1F. The Morgan fingerprint density at radius 1 is 1.33 bits per heavy atom. The molecule has 0 radical (unpaired) electrons. The van der Waals surface area contributed by atoms with E-state index in [-0.39, 0.29) is 28.1 Å². The van der Waals surface area contributed by atoms with Crippen molar-refractivity contribution in [3.05, 3.63) is 23.5 Å². The molecule has 1 fully saturated rings. The molecule has 2 rings (SSSR count). The molecular weight excluding hydrogens is 293 g/mol. The van der Waals surface area contributed by atoms with Crippen LogP contribution in [-0.4, -0.2) is 50.8 Å². The maximum absolute atomic E-state index is 13.6. The predicted octanol–water partition coefficient (Wildman–Crippen LogP) is 1.29. The van der Waals surface area contributed by atoms with E-state index in [0.717, 1.165) is 0 Å². The van der Waals surface area contributed by atoms with Crippen LogP contribution in [0.5, 0.6) is 0 Å². The highest BCUT2D eigenvalue weighted by Gasteiger charge is 2.38. The lowest BCUT2D eigenvalue weighted by molar-refractivity contribution is 0.263. The second-order valence-corrected chi connectivity index (χ2v) is 7.91. The summed E-state index contributed by atoms with van der Waals surface area (Å²) in [5.74, 6) is -0.316. The smallest absolute Gasteiger partial charge is 0.243 e. The Hall–Kier alpha value is -1.18. The summed E-state index contributed by atoms with van der Waals surface area (Å²) in [6.45, 7) is 4.44. The summed E-state index contributed by atoms with van der Waals surface area (Å²) in [5, 5.41) is 0. The van der Waals surface area contributed by atoms with Crippen LogP contribution < -0.4 is 5.73 Å². The number of anilines is 1. The van der Waals surface area contributed by atoms with Crippen molar-refractivity contribution < 1.29 is 12.8 Å². The first kappa shape index (κ1) is 16.2. The Bertz CT molecular complexity index is 623. The number of halogens is 1. The van der Waals surface area contributed by atoms with Crippen molar-refractivity contribution in [3.8, 4) is 0 Å². The number of aryl methyl sites for hydroxylation is 1. The highest BCUT2D eigenvalue weighted by atomic mass is 32.2. The van der Waals surface area contributed by atoms with Crippen LogP contribution in [0.1, 0.15) is 12.5 Å². The highest BCUT2D eigenvalue weighted by Crippen LogP contribution is 2.29. The van der Waals surface area contributed by atoms with Gasteiger partial charge in [-0.15, -0.1) is 0 Å². The molecule has 1 aliphatic rings. The number of hydrogen-bond acceptors (Lipinski definition) is 4. The Kier molecular flexibility index (Phi) is 4.28. The van der Waals surface area contributed by atoms with Crippen LogP contribution in [0.2, 0.25) is 0 Å². The second kappa shape index (κ2) is 5.55. The van der Waals surface area contributed by atoms with Crippen LogP contribution in [0.3, 0.4) is 0 Å². The molecule has 0 aliphatic carbocycles. The van der Waals surface area contributed by atoms with Crippen molar-refractivity contribution in [2.24, 2.45) is 5.92 Å². The van der Waals surface area contributed by atoms with E-state index in [0.29, 0.717) is 13.1 Å². The molecule has 0 spiro atoms. The molecule has 1 saturated heterocycles. The summed E-state index contributed by atoms with van der Waals surface area (Å²) in [5.41, 5.74) is 5.66. The van der Waals surface area contributed by atoms with E-state index >= 15 is 0 Å². The fraction of sp³-hybridized carbons (Fsp3) is 0.571. The van der Waals surface area contributed by atoms with Crippen molar-refractivity contribution in [1.29, 1.82) is 0 Å². The first-order valence-electron chi connectivity index (χ1n) is 6.86. The van der Waals surface area contributed by atoms with Gasteiger partial charge in [0.15, 0.2) is 0 Å². The van der Waals surface area contributed by atoms with Gasteiger partial charge in [-0.1, -0.05) is 6.92 Å². The minimum atomic E-state index is -3.64. The minimum absolute atomic E-state index is 0.0607. The number of nitrogens with zero attached hydrogens (tertiary/aromatic N) is 2. The minimum Gasteiger partial charge on any atom is -0.396 e. The Labute approximate surface area is 125 Å². The molecule has 5 nitrogen and oxygen atoms in total. The van der Waals surface area contributed by atoms with Crippen molar-refractivity contribution in [3.63, 3.8) is 0 Å². The van der Waals surface area contributed by atoms with Crippen LogP contribution in [0.25, 0.3) is 0 Å². The van der Waals surface area contributed by atoms with Gasteiger partial charge in [0.25, 0.3) is 0 Å². The quantitative estimate of drug-likeness (QED) is 0.854. The van der Waals surface area contributed by atoms with E-state index in [1.807, 2.05) is 25.9 Å². The van der Waals surface area contributed by atoms with Crippen molar-refractivity contribution in [1.82, 2.24) is 9.21 Å². The van der Waals surface area contributed by atoms with Gasteiger partial charge in [-0.3, -0.25) is 0 Å². The van der Waals surface area contributed by atoms with Gasteiger partial charge < -0.3 is 10.6 Å². The molecule has 1 aliphatic heterocycles. The van der Waals surface area contributed by atoms with Gasteiger partial charge in [0.05, 0.1) is 10.6 Å². The van der Waals surface area contributed by atoms with Crippen LogP contribution in [0.4, 0.5) is 10.1 Å². The predicted molar refractivity (Wildman–Crippen MR) is 80.9 cm³/mol. The summed E-state index contributed by atoms with van der Waals surface area (Å²) >= 11 is 0. The van der Waals surface area contributed by atoms with Gasteiger partial charge in [-0.25, -0.2) is 12.8 Å². The summed E-state index contributed by atoms with van der Waals surface area (Å²) in [6.07, 6.45) is 0. The number of nitrogens with two attached hydrogens (primary N) is 1. The molecule has 21 heavy (non-hydrogen) atoms. The average molecular weight is 315 g/mol. The Morgan fingerprint density at radius 3 is 2.43 bits per heavy atom. The number of hydrogen-bond donors (Lipinski definition) is 1. The lowest BCUT2D eigenvalue weighted by Crippen LogP contribution is -2.35. The molecule has 0 aromatic heterocycles. The molecule has 1 heterocycles. The third-order valence-corrected chi connectivity index (χ3v) is 5.91. The van der Waals surface area contributed by atoms with E-state index in [9.17, 15) is 12.8 Å². The molecular formula is C14H22FN3O2S. The molecule has 0 bridgehead atoms. The molecule has 0 amide bonds. The maximum Gasteiger partial charge on any atom is 0.243 e. The highest BCUT2D eigenvalue weighted by molar-refractivity contribution is 7.89.